The molecule has 0 spiro atoms. The standard InChI is InChI=1S/C20H29FN4O.ClH/c21-15-5-3-4-14(12-15)9-11-25(16-6-1-2-7-16)20(26)19-17-13-22-10-8-18(17)23-24-19;/h3-5,12,16-19,22-24H,1-2,6-11,13H2;1H. The summed E-state index contributed by atoms with van der Waals surface area (Å²) in [4.78, 5) is 15.5. The van der Waals surface area contributed by atoms with E-state index in [1.165, 1.54) is 18.9 Å². The molecule has 1 amide bonds. The molecule has 2 saturated heterocycles. The van der Waals surface area contributed by atoms with Crippen LogP contribution >= 0.6 is 12.4 Å². The summed E-state index contributed by atoms with van der Waals surface area (Å²) < 4.78 is 13.5. The van der Waals surface area contributed by atoms with Crippen LogP contribution in [0.5, 0.6) is 0 Å². The Kier molecular flexibility index (Phi) is 7.09. The number of nitrogens with one attached hydrogen (secondary N) is 3. The third-order valence-electron chi connectivity index (χ3n) is 6.23. The molecule has 1 aromatic rings. The highest BCUT2D eigenvalue weighted by Crippen LogP contribution is 2.27. The molecule has 3 aliphatic rings. The van der Waals surface area contributed by atoms with Gasteiger partial charge in [-0.15, -0.1) is 12.4 Å². The molecular weight excluding hydrogens is 367 g/mol. The number of hydrogen-bond donors (Lipinski definition) is 3. The van der Waals surface area contributed by atoms with Crippen molar-refractivity contribution in [1.29, 1.82) is 0 Å². The Balaban J connectivity index is 0.00000210. The smallest absolute Gasteiger partial charge is 0.241 e. The van der Waals surface area contributed by atoms with Crippen LogP contribution in [0.4, 0.5) is 4.39 Å². The van der Waals surface area contributed by atoms with Gasteiger partial charge in [-0.3, -0.25) is 10.2 Å². The van der Waals surface area contributed by atoms with Gasteiger partial charge >= 0.3 is 0 Å². The second kappa shape index (κ2) is 9.32. The lowest BCUT2D eigenvalue weighted by molar-refractivity contribution is -0.136. The van der Waals surface area contributed by atoms with Crippen molar-refractivity contribution in [3.8, 4) is 0 Å². The van der Waals surface area contributed by atoms with Gasteiger partial charge in [0.15, 0.2) is 0 Å². The van der Waals surface area contributed by atoms with E-state index in [1.807, 2.05) is 6.07 Å². The molecule has 0 radical (unpaired) electrons. The second-order valence-electron chi connectivity index (χ2n) is 7.88. The number of hydrogen-bond acceptors (Lipinski definition) is 4. The molecular formula is C20H30ClFN4O. The number of benzene rings is 1. The Morgan fingerprint density at radius 1 is 1.19 bits per heavy atom. The molecule has 2 aliphatic heterocycles. The number of carbonyl (C=O) groups excluding carboxylic acids is 1. The molecule has 7 heteroatoms. The van der Waals surface area contributed by atoms with Gasteiger partial charge in [0.2, 0.25) is 5.91 Å². The van der Waals surface area contributed by atoms with Crippen LogP contribution in [-0.2, 0) is 11.2 Å². The van der Waals surface area contributed by atoms with Crippen LogP contribution in [0.1, 0.15) is 37.7 Å². The molecule has 3 atom stereocenters. The highest BCUT2D eigenvalue weighted by Gasteiger charge is 2.43. The maximum absolute atomic E-state index is 13.5. The highest BCUT2D eigenvalue weighted by atomic mass is 35.5. The van der Waals surface area contributed by atoms with E-state index in [4.69, 9.17) is 0 Å². The van der Waals surface area contributed by atoms with E-state index in [2.05, 4.69) is 21.1 Å². The Morgan fingerprint density at radius 2 is 2.00 bits per heavy atom. The van der Waals surface area contributed by atoms with E-state index in [1.54, 1.807) is 12.1 Å². The van der Waals surface area contributed by atoms with E-state index in [-0.39, 0.29) is 30.2 Å². The van der Waals surface area contributed by atoms with Crippen molar-refractivity contribution in [1.82, 2.24) is 21.1 Å². The maximum Gasteiger partial charge on any atom is 0.241 e. The maximum atomic E-state index is 13.5. The fourth-order valence-electron chi connectivity index (χ4n) is 4.77. The second-order valence-corrected chi connectivity index (χ2v) is 7.88. The molecule has 0 bridgehead atoms. The Morgan fingerprint density at radius 3 is 2.78 bits per heavy atom. The van der Waals surface area contributed by atoms with Crippen LogP contribution in [-0.4, -0.2) is 48.6 Å². The number of halogens is 2. The largest absolute Gasteiger partial charge is 0.338 e. The van der Waals surface area contributed by atoms with Gasteiger partial charge in [0.1, 0.15) is 11.9 Å². The molecule has 0 aromatic heterocycles. The predicted octanol–water partition coefficient (Wildman–Crippen LogP) is 2.02. The van der Waals surface area contributed by atoms with Crippen molar-refractivity contribution < 1.29 is 9.18 Å². The van der Waals surface area contributed by atoms with Gasteiger partial charge in [0.05, 0.1) is 0 Å². The summed E-state index contributed by atoms with van der Waals surface area (Å²) >= 11 is 0. The molecule has 5 nitrogen and oxygen atoms in total. The molecule has 3 fully saturated rings. The zero-order valence-corrected chi connectivity index (χ0v) is 16.4. The predicted molar refractivity (Wildman–Crippen MR) is 106 cm³/mol. The number of hydrazine groups is 1. The first-order valence-corrected chi connectivity index (χ1v) is 9.99. The van der Waals surface area contributed by atoms with Crippen LogP contribution in [0.25, 0.3) is 0 Å². The third-order valence-corrected chi connectivity index (χ3v) is 6.23. The zero-order chi connectivity index (χ0) is 17.9. The summed E-state index contributed by atoms with van der Waals surface area (Å²) in [6.45, 7) is 2.54. The van der Waals surface area contributed by atoms with Crippen molar-refractivity contribution >= 4 is 18.3 Å². The summed E-state index contributed by atoms with van der Waals surface area (Å²) in [6, 6.07) is 7.26. The van der Waals surface area contributed by atoms with Crippen molar-refractivity contribution in [3.05, 3.63) is 35.6 Å². The van der Waals surface area contributed by atoms with Gasteiger partial charge in [-0.1, -0.05) is 25.0 Å². The minimum absolute atomic E-state index is 0. The van der Waals surface area contributed by atoms with Crippen molar-refractivity contribution in [3.63, 3.8) is 0 Å². The van der Waals surface area contributed by atoms with Crippen LogP contribution in [0.3, 0.4) is 0 Å². The van der Waals surface area contributed by atoms with Crippen LogP contribution in [0.15, 0.2) is 24.3 Å². The van der Waals surface area contributed by atoms with Gasteiger partial charge in [-0.25, -0.2) is 9.82 Å². The molecule has 3 N–H and O–H groups in total. The van der Waals surface area contributed by atoms with Crippen molar-refractivity contribution in [2.24, 2.45) is 5.92 Å². The summed E-state index contributed by atoms with van der Waals surface area (Å²) in [5, 5.41) is 3.42. The van der Waals surface area contributed by atoms with Gasteiger partial charge in [-0.05, 0) is 49.9 Å². The summed E-state index contributed by atoms with van der Waals surface area (Å²) in [6.07, 6.45) is 6.31. The van der Waals surface area contributed by atoms with Gasteiger partial charge in [0, 0.05) is 31.1 Å². The summed E-state index contributed by atoms with van der Waals surface area (Å²) in [5.41, 5.74) is 7.55. The molecule has 1 aliphatic carbocycles. The van der Waals surface area contributed by atoms with Crippen LogP contribution < -0.4 is 16.2 Å². The first-order valence-electron chi connectivity index (χ1n) is 9.99. The quantitative estimate of drug-likeness (QED) is 0.712. The Labute approximate surface area is 166 Å². The van der Waals surface area contributed by atoms with E-state index >= 15 is 0 Å². The van der Waals surface area contributed by atoms with Crippen LogP contribution in [0, 0.1) is 11.7 Å². The lowest BCUT2D eigenvalue weighted by atomic mass is 9.88. The van der Waals surface area contributed by atoms with Crippen molar-refractivity contribution in [2.75, 3.05) is 19.6 Å². The molecule has 2 heterocycles. The molecule has 1 saturated carbocycles. The normalized spacial score (nSPS) is 27.8. The Hall–Kier alpha value is -1.21. The molecule has 27 heavy (non-hydrogen) atoms. The highest BCUT2D eigenvalue weighted by molar-refractivity contribution is 5.85. The minimum atomic E-state index is -0.209. The Bertz CT molecular complexity index is 640. The fourth-order valence-corrected chi connectivity index (χ4v) is 4.77. The lowest BCUT2D eigenvalue weighted by Crippen LogP contribution is -2.53. The number of nitrogens with zero attached hydrogens (tertiary/aromatic N) is 1. The topological polar surface area (TPSA) is 56.4 Å². The van der Waals surface area contributed by atoms with Crippen LogP contribution in [0.2, 0.25) is 0 Å². The monoisotopic (exact) mass is 396 g/mol. The first-order chi connectivity index (χ1) is 12.7. The number of piperidine rings is 1. The minimum Gasteiger partial charge on any atom is -0.338 e. The van der Waals surface area contributed by atoms with E-state index in [0.717, 1.165) is 37.9 Å². The van der Waals surface area contributed by atoms with E-state index in [9.17, 15) is 9.18 Å². The zero-order valence-electron chi connectivity index (χ0n) is 15.6. The van der Waals surface area contributed by atoms with Gasteiger partial charge in [-0.2, -0.15) is 0 Å². The summed E-state index contributed by atoms with van der Waals surface area (Å²) in [5.74, 6) is 0.297. The van der Waals surface area contributed by atoms with Gasteiger partial charge < -0.3 is 10.2 Å². The average Bonchev–Trinajstić information content (AvgIpc) is 3.32. The molecule has 4 rings (SSSR count). The molecule has 150 valence electrons. The summed E-state index contributed by atoms with van der Waals surface area (Å²) in [7, 11) is 0. The van der Waals surface area contributed by atoms with E-state index in [0.29, 0.717) is 31.0 Å². The number of carbonyl (C=O) groups is 1. The third kappa shape index (κ3) is 4.62. The molecule has 1 aromatic carbocycles. The number of fused-ring (bicyclic) bond motifs is 1. The number of rotatable bonds is 5. The fraction of sp³-hybridized carbons (Fsp3) is 0.650. The van der Waals surface area contributed by atoms with Gasteiger partial charge in [0.25, 0.3) is 0 Å². The lowest BCUT2D eigenvalue weighted by Gasteiger charge is -2.34. The average molecular weight is 397 g/mol. The molecule has 3 unspecified atom stereocenters. The first kappa shape index (κ1) is 20.5. The SMILES string of the molecule is Cl.O=C(C1NNC2CCNCC21)N(CCc1cccc(F)c1)C1CCCC1. The number of amides is 1. The van der Waals surface area contributed by atoms with E-state index < -0.39 is 0 Å². The van der Waals surface area contributed by atoms with Crippen molar-refractivity contribution in [2.45, 2.75) is 56.7 Å².